The molecule has 2 unspecified atom stereocenters. The van der Waals surface area contributed by atoms with Crippen LogP contribution in [0.2, 0.25) is 0 Å². The molecule has 2 rings (SSSR count). The Balaban J connectivity index is 2.32. The third-order valence-electron chi connectivity index (χ3n) is 4.32. The molecule has 2 atom stereocenters. The van der Waals surface area contributed by atoms with Crippen LogP contribution in [0.4, 0.5) is 0 Å². The van der Waals surface area contributed by atoms with Crippen LogP contribution >= 0.6 is 0 Å². The second-order valence-corrected chi connectivity index (χ2v) is 6.55. The minimum atomic E-state index is 0.430. The topological polar surface area (TPSA) is 0 Å². The molecule has 0 amide bonds. The zero-order valence-electron chi connectivity index (χ0n) is 10.1. The maximum Gasteiger partial charge on any atom is 0.00123 e. The standard InChI is InChI=1S/C14H22/c1-12(2,3)11-13(4,5)14(11)9-7-6-8-10-14/h6-9,11H,10H2,1-5H3. The molecule has 14 heavy (non-hydrogen) atoms. The highest BCUT2D eigenvalue weighted by Crippen LogP contribution is 2.77. The van der Waals surface area contributed by atoms with E-state index >= 15 is 0 Å². The fraction of sp³-hybridized carbons (Fsp3) is 0.714. The van der Waals surface area contributed by atoms with Gasteiger partial charge in [-0.2, -0.15) is 0 Å². The van der Waals surface area contributed by atoms with Crippen LogP contribution in [0.1, 0.15) is 41.0 Å². The van der Waals surface area contributed by atoms with Crippen molar-refractivity contribution in [1.29, 1.82) is 0 Å². The number of hydrogen-bond donors (Lipinski definition) is 0. The lowest BCUT2D eigenvalue weighted by Crippen LogP contribution is -2.14. The third kappa shape index (κ3) is 1.06. The summed E-state index contributed by atoms with van der Waals surface area (Å²) in [5.74, 6) is 0.823. The molecule has 0 bridgehead atoms. The summed E-state index contributed by atoms with van der Waals surface area (Å²) in [4.78, 5) is 0. The Hall–Kier alpha value is -0.520. The van der Waals surface area contributed by atoms with Gasteiger partial charge in [0.2, 0.25) is 0 Å². The van der Waals surface area contributed by atoms with Gasteiger partial charge in [-0.3, -0.25) is 0 Å². The van der Waals surface area contributed by atoms with Gasteiger partial charge in [0.15, 0.2) is 0 Å². The lowest BCUT2D eigenvalue weighted by molar-refractivity contribution is 0.288. The Bertz CT molecular complexity index is 298. The Morgan fingerprint density at radius 3 is 2.14 bits per heavy atom. The highest BCUT2D eigenvalue weighted by Gasteiger charge is 2.71. The minimum Gasteiger partial charge on any atom is -0.0837 e. The fourth-order valence-electron chi connectivity index (χ4n) is 4.07. The summed E-state index contributed by atoms with van der Waals surface area (Å²) in [6, 6.07) is 0. The van der Waals surface area contributed by atoms with Crippen LogP contribution in [0.3, 0.4) is 0 Å². The van der Waals surface area contributed by atoms with Crippen LogP contribution < -0.4 is 0 Å². The van der Waals surface area contributed by atoms with Gasteiger partial charge in [0.25, 0.3) is 0 Å². The second-order valence-electron chi connectivity index (χ2n) is 6.55. The summed E-state index contributed by atoms with van der Waals surface area (Å²) >= 11 is 0. The van der Waals surface area contributed by atoms with Crippen molar-refractivity contribution >= 4 is 0 Å². The first kappa shape index (κ1) is 10.0. The third-order valence-corrected chi connectivity index (χ3v) is 4.32. The molecule has 0 aromatic carbocycles. The molecule has 0 heteroatoms. The lowest BCUT2D eigenvalue weighted by Gasteiger charge is -2.23. The van der Waals surface area contributed by atoms with Gasteiger partial charge in [-0.05, 0) is 23.2 Å². The normalized spacial score (nSPS) is 39.1. The SMILES string of the molecule is CC(C)(C)C1C(C)(C)C12C=CC=CC2. The van der Waals surface area contributed by atoms with E-state index in [4.69, 9.17) is 0 Å². The van der Waals surface area contributed by atoms with Crippen LogP contribution in [0.5, 0.6) is 0 Å². The quantitative estimate of drug-likeness (QED) is 0.537. The highest BCUT2D eigenvalue weighted by molar-refractivity contribution is 5.33. The maximum atomic E-state index is 2.45. The van der Waals surface area contributed by atoms with Crippen molar-refractivity contribution < 1.29 is 0 Å². The Labute approximate surface area is 88.1 Å². The predicted octanol–water partition coefficient (Wildman–Crippen LogP) is 4.19. The molecule has 0 heterocycles. The summed E-state index contributed by atoms with van der Waals surface area (Å²) in [5, 5.41) is 0. The average molecular weight is 190 g/mol. The molecule has 0 aromatic rings. The Morgan fingerprint density at radius 1 is 1.14 bits per heavy atom. The molecule has 0 aromatic heterocycles. The summed E-state index contributed by atoms with van der Waals surface area (Å²) in [5.41, 5.74) is 1.37. The van der Waals surface area contributed by atoms with Crippen molar-refractivity contribution in [1.82, 2.24) is 0 Å². The van der Waals surface area contributed by atoms with Crippen molar-refractivity contribution in [2.24, 2.45) is 22.2 Å². The molecule has 2 aliphatic rings. The van der Waals surface area contributed by atoms with Crippen LogP contribution in [0, 0.1) is 22.2 Å². The molecule has 0 N–H and O–H groups in total. The van der Waals surface area contributed by atoms with Crippen LogP contribution in [0.25, 0.3) is 0 Å². The maximum absolute atomic E-state index is 2.45. The van der Waals surface area contributed by atoms with Crippen molar-refractivity contribution in [2.75, 3.05) is 0 Å². The van der Waals surface area contributed by atoms with Gasteiger partial charge in [0, 0.05) is 5.41 Å². The van der Waals surface area contributed by atoms with Gasteiger partial charge < -0.3 is 0 Å². The van der Waals surface area contributed by atoms with Gasteiger partial charge in [0.05, 0.1) is 0 Å². The molecule has 0 saturated heterocycles. The van der Waals surface area contributed by atoms with E-state index in [2.05, 4.69) is 58.9 Å². The van der Waals surface area contributed by atoms with Crippen molar-refractivity contribution in [3.05, 3.63) is 24.3 Å². The van der Waals surface area contributed by atoms with E-state index < -0.39 is 0 Å². The van der Waals surface area contributed by atoms with Gasteiger partial charge in [-0.25, -0.2) is 0 Å². The monoisotopic (exact) mass is 190 g/mol. The Morgan fingerprint density at radius 2 is 1.79 bits per heavy atom. The number of allylic oxidation sites excluding steroid dienone is 4. The largest absolute Gasteiger partial charge is 0.0837 e. The number of hydrogen-bond acceptors (Lipinski definition) is 0. The number of rotatable bonds is 0. The van der Waals surface area contributed by atoms with E-state index in [1.165, 1.54) is 6.42 Å². The average Bonchev–Trinajstić information content (AvgIpc) is 2.47. The summed E-state index contributed by atoms with van der Waals surface area (Å²) in [7, 11) is 0. The van der Waals surface area contributed by atoms with Gasteiger partial charge in [0.1, 0.15) is 0 Å². The first-order chi connectivity index (χ1) is 6.32. The second kappa shape index (κ2) is 2.53. The van der Waals surface area contributed by atoms with E-state index in [1.54, 1.807) is 0 Å². The molecule has 1 saturated carbocycles. The zero-order chi connectivity index (χ0) is 10.6. The molecular formula is C14H22. The molecule has 1 spiro atoms. The fourth-order valence-corrected chi connectivity index (χ4v) is 4.07. The van der Waals surface area contributed by atoms with E-state index in [0.29, 0.717) is 16.2 Å². The first-order valence-corrected chi connectivity index (χ1v) is 5.67. The van der Waals surface area contributed by atoms with E-state index in [-0.39, 0.29) is 0 Å². The van der Waals surface area contributed by atoms with Gasteiger partial charge in [-0.15, -0.1) is 0 Å². The van der Waals surface area contributed by atoms with Crippen molar-refractivity contribution in [2.45, 2.75) is 41.0 Å². The van der Waals surface area contributed by atoms with Crippen molar-refractivity contribution in [3.8, 4) is 0 Å². The summed E-state index contributed by atoms with van der Waals surface area (Å²) < 4.78 is 0. The summed E-state index contributed by atoms with van der Waals surface area (Å²) in [6.07, 6.45) is 10.4. The van der Waals surface area contributed by atoms with E-state index in [0.717, 1.165) is 5.92 Å². The smallest absolute Gasteiger partial charge is 0.00123 e. The van der Waals surface area contributed by atoms with Gasteiger partial charge >= 0.3 is 0 Å². The van der Waals surface area contributed by atoms with E-state index in [1.807, 2.05) is 0 Å². The molecule has 0 nitrogen and oxygen atoms in total. The molecule has 1 fully saturated rings. The molecule has 2 aliphatic carbocycles. The zero-order valence-corrected chi connectivity index (χ0v) is 10.1. The Kier molecular flexibility index (Phi) is 1.81. The van der Waals surface area contributed by atoms with Crippen LogP contribution in [0.15, 0.2) is 24.3 Å². The molecular weight excluding hydrogens is 168 g/mol. The first-order valence-electron chi connectivity index (χ1n) is 5.67. The molecule has 0 aliphatic heterocycles. The lowest BCUT2D eigenvalue weighted by atomic mass is 9.82. The minimum absolute atomic E-state index is 0.430. The van der Waals surface area contributed by atoms with Gasteiger partial charge in [-0.1, -0.05) is 58.9 Å². The summed E-state index contributed by atoms with van der Waals surface area (Å²) in [6.45, 7) is 12.0. The van der Waals surface area contributed by atoms with Crippen LogP contribution in [-0.4, -0.2) is 0 Å². The van der Waals surface area contributed by atoms with E-state index in [9.17, 15) is 0 Å². The van der Waals surface area contributed by atoms with Crippen molar-refractivity contribution in [3.63, 3.8) is 0 Å². The molecule has 0 radical (unpaired) electrons. The highest BCUT2D eigenvalue weighted by atomic mass is 14.7. The molecule has 78 valence electrons. The van der Waals surface area contributed by atoms with Crippen LogP contribution in [-0.2, 0) is 0 Å². The predicted molar refractivity (Wildman–Crippen MR) is 62.1 cm³/mol.